The van der Waals surface area contributed by atoms with Crippen LogP contribution in [0.25, 0.3) is 11.0 Å². The number of halogens is 5. The van der Waals surface area contributed by atoms with Gasteiger partial charge in [0, 0.05) is 9.85 Å². The molecule has 2 N–H and O–H groups in total. The van der Waals surface area contributed by atoms with Crippen molar-refractivity contribution in [1.29, 1.82) is 0 Å². The first kappa shape index (κ1) is 18.2. The zero-order chi connectivity index (χ0) is 19.6. The van der Waals surface area contributed by atoms with Crippen LogP contribution in [0.1, 0.15) is 10.5 Å². The molecule has 0 saturated carbocycles. The molecule has 1 atom stereocenters. The Labute approximate surface area is 165 Å². The molecule has 2 aromatic heterocycles. The lowest BCUT2D eigenvalue weighted by Gasteiger charge is -2.31. The zero-order valence-electron chi connectivity index (χ0n) is 12.8. The van der Waals surface area contributed by atoms with Crippen LogP contribution in [-0.2, 0) is 10.5 Å². The van der Waals surface area contributed by atoms with E-state index in [1.807, 2.05) is 0 Å². The fourth-order valence-electron chi connectivity index (χ4n) is 2.81. The molecule has 0 saturated heterocycles. The molecule has 0 aliphatic carbocycles. The highest BCUT2D eigenvalue weighted by molar-refractivity contribution is 9.10. The van der Waals surface area contributed by atoms with Gasteiger partial charge in [0.05, 0.1) is 5.52 Å². The summed E-state index contributed by atoms with van der Waals surface area (Å²) in [7, 11) is 0. The van der Waals surface area contributed by atoms with E-state index in [2.05, 4.69) is 31.2 Å². The number of para-hydroxylation sites is 1. The second-order valence-electron chi connectivity index (χ2n) is 5.48. The first-order chi connectivity index (χ1) is 12.6. The maximum Gasteiger partial charge on any atom is 0.440 e. The van der Waals surface area contributed by atoms with Gasteiger partial charge in [0.1, 0.15) is 11.2 Å². The Morgan fingerprint density at radius 1 is 1.37 bits per heavy atom. The second kappa shape index (κ2) is 5.91. The summed E-state index contributed by atoms with van der Waals surface area (Å²) >= 11 is 9.73. The summed E-state index contributed by atoms with van der Waals surface area (Å²) in [4.78, 5) is 32.5. The molecule has 4 rings (SSSR count). The van der Waals surface area contributed by atoms with Crippen LogP contribution in [0.2, 0.25) is 4.47 Å². The first-order valence-electron chi connectivity index (χ1n) is 7.14. The minimum absolute atomic E-state index is 0.00617. The molecular formula is C14H6BrClF3N5O2S. The summed E-state index contributed by atoms with van der Waals surface area (Å²) in [5.41, 5.74) is -3.51. The Morgan fingerprint density at radius 3 is 2.74 bits per heavy atom. The number of benzene rings is 1. The van der Waals surface area contributed by atoms with Gasteiger partial charge >= 0.3 is 6.18 Å². The molecule has 0 fully saturated rings. The molecule has 13 heteroatoms. The molecule has 2 amide bonds. The molecule has 0 bridgehead atoms. The number of hydrogen-bond acceptors (Lipinski definition) is 5. The predicted molar refractivity (Wildman–Crippen MR) is 94.7 cm³/mol. The molecule has 140 valence electrons. The van der Waals surface area contributed by atoms with Crippen LogP contribution >= 0.6 is 38.9 Å². The van der Waals surface area contributed by atoms with E-state index in [0.717, 1.165) is 11.3 Å². The van der Waals surface area contributed by atoms with Crippen LogP contribution in [-0.4, -0.2) is 32.5 Å². The Morgan fingerprint density at radius 2 is 2.11 bits per heavy atom. The molecule has 0 radical (unpaired) electrons. The molecule has 1 aliphatic heterocycles. The summed E-state index contributed by atoms with van der Waals surface area (Å²) in [6.07, 6.45) is -5.17. The average Bonchev–Trinajstić information content (AvgIpc) is 3.22. The minimum Gasteiger partial charge on any atom is -0.312 e. The number of fused-ring (bicyclic) bond motifs is 3. The molecule has 0 spiro atoms. The smallest absolute Gasteiger partial charge is 0.312 e. The summed E-state index contributed by atoms with van der Waals surface area (Å²) in [6, 6.07) is 4.45. The largest absolute Gasteiger partial charge is 0.440 e. The number of aromatic nitrogens is 3. The first-order valence-corrected chi connectivity index (χ1v) is 9.19. The quantitative estimate of drug-likeness (QED) is 0.588. The van der Waals surface area contributed by atoms with Gasteiger partial charge in [0.15, 0.2) is 4.47 Å². The standard InChI is InChI=1S/C14H6BrClF3N5O2S/c15-5-2-1-3-7-8(5)21-12-22-10(26)13(24(7)12,14(17,18)19)23-9(25)6-4-27-11(16)20-6/h1-4H,(H,23,25)(H,21,22,26). The molecule has 1 aromatic carbocycles. The van der Waals surface area contributed by atoms with E-state index in [4.69, 9.17) is 11.6 Å². The highest BCUT2D eigenvalue weighted by atomic mass is 79.9. The summed E-state index contributed by atoms with van der Waals surface area (Å²) in [5, 5.41) is 5.06. The number of rotatable bonds is 2. The molecule has 1 unspecified atom stereocenters. The number of amides is 2. The van der Waals surface area contributed by atoms with E-state index in [9.17, 15) is 22.8 Å². The van der Waals surface area contributed by atoms with E-state index in [1.165, 1.54) is 17.5 Å². The number of carbonyl (C=O) groups excluding carboxylic acids is 2. The van der Waals surface area contributed by atoms with Crippen molar-refractivity contribution in [3.8, 4) is 0 Å². The van der Waals surface area contributed by atoms with Gasteiger partial charge in [0.2, 0.25) is 5.95 Å². The van der Waals surface area contributed by atoms with E-state index in [0.29, 0.717) is 9.04 Å². The van der Waals surface area contributed by atoms with Crippen molar-refractivity contribution in [3.05, 3.63) is 38.2 Å². The fraction of sp³-hybridized carbons (Fsp3) is 0.143. The summed E-state index contributed by atoms with van der Waals surface area (Å²) < 4.78 is 43.5. The second-order valence-corrected chi connectivity index (χ2v) is 7.78. The van der Waals surface area contributed by atoms with E-state index in [-0.39, 0.29) is 27.1 Å². The maximum absolute atomic E-state index is 14.2. The van der Waals surface area contributed by atoms with Gasteiger partial charge in [-0.3, -0.25) is 19.5 Å². The van der Waals surface area contributed by atoms with Crippen LogP contribution in [0.3, 0.4) is 0 Å². The molecule has 7 nitrogen and oxygen atoms in total. The number of thiazole rings is 1. The lowest BCUT2D eigenvalue weighted by atomic mass is 10.1. The van der Waals surface area contributed by atoms with Crippen molar-refractivity contribution in [2.45, 2.75) is 11.8 Å². The molecule has 27 heavy (non-hydrogen) atoms. The van der Waals surface area contributed by atoms with Gasteiger partial charge < -0.3 is 5.32 Å². The van der Waals surface area contributed by atoms with Crippen molar-refractivity contribution in [1.82, 2.24) is 19.9 Å². The van der Waals surface area contributed by atoms with Crippen molar-refractivity contribution in [3.63, 3.8) is 0 Å². The van der Waals surface area contributed by atoms with Crippen LogP contribution in [0.4, 0.5) is 19.1 Å². The molecule has 3 aromatic rings. The van der Waals surface area contributed by atoms with Crippen molar-refractivity contribution in [2.24, 2.45) is 0 Å². The van der Waals surface area contributed by atoms with Crippen molar-refractivity contribution in [2.75, 3.05) is 5.32 Å². The van der Waals surface area contributed by atoms with E-state index in [1.54, 1.807) is 11.4 Å². The monoisotopic (exact) mass is 479 g/mol. The third-order valence-electron chi connectivity index (χ3n) is 3.94. The van der Waals surface area contributed by atoms with Crippen molar-refractivity contribution >= 4 is 67.7 Å². The summed E-state index contributed by atoms with van der Waals surface area (Å²) in [6.45, 7) is 0. The van der Waals surface area contributed by atoms with Crippen LogP contribution in [0.15, 0.2) is 28.1 Å². The van der Waals surface area contributed by atoms with Gasteiger partial charge in [-0.25, -0.2) is 9.97 Å². The number of anilines is 1. The lowest BCUT2D eigenvalue weighted by molar-refractivity contribution is -0.213. The summed E-state index contributed by atoms with van der Waals surface area (Å²) in [5.74, 6) is -3.01. The normalized spacial score (nSPS) is 19.2. The highest BCUT2D eigenvalue weighted by Gasteiger charge is 2.67. The number of nitrogens with zero attached hydrogens (tertiary/aromatic N) is 3. The minimum atomic E-state index is -5.17. The van der Waals surface area contributed by atoms with Crippen LogP contribution in [0, 0.1) is 0 Å². The average molecular weight is 481 g/mol. The van der Waals surface area contributed by atoms with Crippen LogP contribution < -0.4 is 10.6 Å². The Balaban J connectivity index is 1.94. The number of nitrogens with one attached hydrogen (secondary N) is 2. The van der Waals surface area contributed by atoms with Gasteiger partial charge in [-0.2, -0.15) is 13.2 Å². The Bertz CT molecular complexity index is 1110. The maximum atomic E-state index is 14.2. The molecule has 3 heterocycles. The molecular weight excluding hydrogens is 475 g/mol. The predicted octanol–water partition coefficient (Wildman–Crippen LogP) is 3.51. The Kier molecular flexibility index (Phi) is 3.98. The zero-order valence-corrected chi connectivity index (χ0v) is 15.9. The lowest BCUT2D eigenvalue weighted by Crippen LogP contribution is -2.63. The van der Waals surface area contributed by atoms with Gasteiger partial charge in [-0.05, 0) is 28.1 Å². The molecule has 1 aliphatic rings. The topological polar surface area (TPSA) is 88.9 Å². The van der Waals surface area contributed by atoms with Gasteiger partial charge in [0.25, 0.3) is 17.5 Å². The van der Waals surface area contributed by atoms with Crippen LogP contribution in [0.5, 0.6) is 0 Å². The third kappa shape index (κ3) is 2.54. The SMILES string of the molecule is O=C(NC1(C(F)(F)F)C(=O)Nc2nc3c(Br)cccc3n21)c1csc(Cl)n1. The number of imidazole rings is 1. The van der Waals surface area contributed by atoms with Crippen molar-refractivity contribution < 1.29 is 22.8 Å². The Hall–Kier alpha value is -2.18. The van der Waals surface area contributed by atoms with Gasteiger partial charge in [-0.1, -0.05) is 17.7 Å². The number of alkyl halides is 3. The van der Waals surface area contributed by atoms with Gasteiger partial charge in [-0.15, -0.1) is 11.3 Å². The number of carbonyl (C=O) groups is 2. The van der Waals surface area contributed by atoms with E-state index >= 15 is 0 Å². The highest BCUT2D eigenvalue weighted by Crippen LogP contribution is 2.44. The third-order valence-corrected chi connectivity index (χ3v) is 5.56. The van der Waals surface area contributed by atoms with E-state index < -0.39 is 23.7 Å². The number of hydrogen-bond donors (Lipinski definition) is 2. The fourth-order valence-corrected chi connectivity index (χ4v) is 3.99.